The van der Waals surface area contributed by atoms with E-state index in [1.807, 2.05) is 44.4 Å². The van der Waals surface area contributed by atoms with Crippen molar-refractivity contribution in [3.63, 3.8) is 0 Å². The lowest BCUT2D eigenvalue weighted by atomic mass is 9.79. The van der Waals surface area contributed by atoms with Gasteiger partial charge in [0.2, 0.25) is 5.91 Å². The van der Waals surface area contributed by atoms with Crippen LogP contribution >= 0.6 is 23.4 Å². The average Bonchev–Trinajstić information content (AvgIpc) is 3.29. The molecule has 4 rings (SSSR count). The molecule has 0 saturated carbocycles. The van der Waals surface area contributed by atoms with Crippen molar-refractivity contribution in [2.24, 2.45) is 5.92 Å². The van der Waals surface area contributed by atoms with Gasteiger partial charge in [-0.3, -0.25) is 9.59 Å². The molecule has 0 aliphatic heterocycles. The van der Waals surface area contributed by atoms with E-state index in [0.29, 0.717) is 24.7 Å². The Labute approximate surface area is 227 Å². The Balaban J connectivity index is 1.68. The fourth-order valence-corrected chi connectivity index (χ4v) is 5.58. The molecule has 0 unspecified atom stereocenters. The summed E-state index contributed by atoms with van der Waals surface area (Å²) < 4.78 is 41.5. The van der Waals surface area contributed by atoms with Crippen LogP contribution in [-0.2, 0) is 23.8 Å². The third kappa shape index (κ3) is 6.15. The number of alkyl halides is 3. The molecule has 2 amide bonds. The number of aromatic nitrogens is 3. The van der Waals surface area contributed by atoms with Gasteiger partial charge < -0.3 is 10.6 Å². The van der Waals surface area contributed by atoms with Crippen LogP contribution in [0.4, 0.5) is 13.2 Å². The maximum absolute atomic E-state index is 13.6. The third-order valence-corrected chi connectivity index (χ3v) is 7.58. The molecule has 1 aliphatic rings. The summed E-state index contributed by atoms with van der Waals surface area (Å²) in [6.07, 6.45) is -0.793. The fraction of sp³-hybridized carbons (Fsp3) is 0.385. The molecule has 3 aromatic rings. The zero-order valence-corrected chi connectivity index (χ0v) is 22.5. The highest BCUT2D eigenvalue weighted by Gasteiger charge is 2.39. The van der Waals surface area contributed by atoms with Crippen molar-refractivity contribution in [3.05, 3.63) is 76.2 Å². The number of carbonyl (C=O) groups is 2. The lowest BCUT2D eigenvalue weighted by Crippen LogP contribution is -2.55. The summed E-state index contributed by atoms with van der Waals surface area (Å²) in [7, 11) is 0. The molecule has 0 bridgehead atoms. The Morgan fingerprint density at radius 2 is 1.82 bits per heavy atom. The van der Waals surface area contributed by atoms with E-state index < -0.39 is 41.0 Å². The van der Waals surface area contributed by atoms with Gasteiger partial charge in [-0.05, 0) is 56.2 Å². The van der Waals surface area contributed by atoms with Crippen molar-refractivity contribution < 1.29 is 22.8 Å². The summed E-state index contributed by atoms with van der Waals surface area (Å²) in [6.45, 7) is 3.83. The molecular formula is C26H27ClF3N5O2S. The molecule has 202 valence electrons. The molecule has 0 fully saturated rings. The molecule has 38 heavy (non-hydrogen) atoms. The molecule has 1 aliphatic carbocycles. The number of hydrogen-bond acceptors (Lipinski definition) is 5. The van der Waals surface area contributed by atoms with Crippen molar-refractivity contribution in [1.82, 2.24) is 25.4 Å². The normalized spacial score (nSPS) is 17.6. The molecule has 1 aromatic carbocycles. The Kier molecular flexibility index (Phi) is 8.08. The van der Waals surface area contributed by atoms with Crippen molar-refractivity contribution in [3.8, 4) is 5.82 Å². The van der Waals surface area contributed by atoms with Gasteiger partial charge in [-0.25, -0.2) is 9.67 Å². The van der Waals surface area contributed by atoms with Crippen LogP contribution in [0.1, 0.15) is 41.2 Å². The number of pyridine rings is 1. The molecule has 0 saturated heterocycles. The Bertz CT molecular complexity index is 1340. The Morgan fingerprint density at radius 3 is 2.45 bits per heavy atom. The van der Waals surface area contributed by atoms with E-state index in [9.17, 15) is 22.8 Å². The van der Waals surface area contributed by atoms with Crippen molar-refractivity contribution in [2.75, 3.05) is 12.0 Å². The highest BCUT2D eigenvalue weighted by Crippen LogP contribution is 2.31. The van der Waals surface area contributed by atoms with Crippen LogP contribution in [0.15, 0.2) is 48.7 Å². The van der Waals surface area contributed by atoms with Gasteiger partial charge in [-0.2, -0.15) is 30.0 Å². The largest absolute Gasteiger partial charge is 0.435 e. The van der Waals surface area contributed by atoms with Gasteiger partial charge in [0.05, 0.1) is 10.9 Å². The third-order valence-electron chi connectivity index (χ3n) is 6.28. The second-order valence-electron chi connectivity index (χ2n) is 9.80. The van der Waals surface area contributed by atoms with E-state index >= 15 is 0 Å². The second kappa shape index (κ2) is 11.0. The number of rotatable bonds is 7. The first-order valence-electron chi connectivity index (χ1n) is 11.9. The molecule has 2 atom stereocenters. The minimum atomic E-state index is -4.80. The smallest absolute Gasteiger partial charge is 0.350 e. The maximum Gasteiger partial charge on any atom is 0.435 e. The highest BCUT2D eigenvalue weighted by atomic mass is 35.5. The number of halogens is 4. The van der Waals surface area contributed by atoms with E-state index in [-0.39, 0.29) is 16.7 Å². The second-order valence-corrected chi connectivity index (χ2v) is 11.1. The first kappa shape index (κ1) is 28.0. The average molecular weight is 566 g/mol. The molecule has 12 heteroatoms. The number of thioether (sulfide) groups is 1. The van der Waals surface area contributed by atoms with Crippen LogP contribution in [0, 0.1) is 5.92 Å². The number of fused-ring (bicyclic) bond motifs is 1. The van der Waals surface area contributed by atoms with Gasteiger partial charge in [0.25, 0.3) is 5.91 Å². The standard InChI is InChI=1S/C26H27ClF3N5O2S/c1-25(2,14-38-3)33-23(36)17-11-15-7-4-5-8-16(15)12-19(17)32-24(37)20-13-21(26(28,29)30)34-35(20)22-18(27)9-6-10-31-22/h4-10,13,17,19H,11-12,14H2,1-3H3,(H,32,37)(H,33,36)/t17-,19+/m0/s1. The summed E-state index contributed by atoms with van der Waals surface area (Å²) >= 11 is 7.76. The van der Waals surface area contributed by atoms with E-state index in [2.05, 4.69) is 20.7 Å². The quantitative estimate of drug-likeness (QED) is 0.433. The Hall–Kier alpha value is -3.05. The van der Waals surface area contributed by atoms with Crippen LogP contribution in [0.2, 0.25) is 5.02 Å². The number of benzene rings is 1. The number of nitrogens with zero attached hydrogens (tertiary/aromatic N) is 3. The highest BCUT2D eigenvalue weighted by molar-refractivity contribution is 7.98. The van der Waals surface area contributed by atoms with Crippen LogP contribution in [-0.4, -0.2) is 50.2 Å². The molecule has 0 radical (unpaired) electrons. The minimum absolute atomic E-state index is 0.0262. The van der Waals surface area contributed by atoms with E-state index in [1.165, 1.54) is 18.3 Å². The monoisotopic (exact) mass is 565 g/mol. The summed E-state index contributed by atoms with van der Waals surface area (Å²) in [6, 6.07) is 10.6. The van der Waals surface area contributed by atoms with Gasteiger partial charge in [-0.15, -0.1) is 0 Å². The fourth-order valence-electron chi connectivity index (χ4n) is 4.58. The van der Waals surface area contributed by atoms with E-state index in [1.54, 1.807) is 11.8 Å². The number of carbonyl (C=O) groups excluding carboxylic acids is 2. The minimum Gasteiger partial charge on any atom is -0.350 e. The summed E-state index contributed by atoms with van der Waals surface area (Å²) in [5.41, 5.74) is -0.184. The predicted molar refractivity (Wildman–Crippen MR) is 141 cm³/mol. The van der Waals surface area contributed by atoms with Crippen LogP contribution in [0.25, 0.3) is 5.82 Å². The number of hydrogen-bond donors (Lipinski definition) is 2. The first-order valence-corrected chi connectivity index (χ1v) is 13.6. The van der Waals surface area contributed by atoms with Crippen molar-refractivity contribution >= 4 is 35.2 Å². The number of nitrogens with one attached hydrogen (secondary N) is 2. The molecule has 2 heterocycles. The van der Waals surface area contributed by atoms with Crippen LogP contribution in [0.5, 0.6) is 0 Å². The van der Waals surface area contributed by atoms with Gasteiger partial charge >= 0.3 is 6.18 Å². The lowest BCUT2D eigenvalue weighted by molar-refractivity contribution is -0.141. The van der Waals surface area contributed by atoms with Gasteiger partial charge in [0, 0.05) is 29.6 Å². The molecule has 2 N–H and O–H groups in total. The van der Waals surface area contributed by atoms with Crippen LogP contribution < -0.4 is 10.6 Å². The van der Waals surface area contributed by atoms with Gasteiger partial charge in [-0.1, -0.05) is 35.9 Å². The Morgan fingerprint density at radius 1 is 1.13 bits per heavy atom. The summed E-state index contributed by atoms with van der Waals surface area (Å²) in [5, 5.41) is 9.49. The first-order chi connectivity index (χ1) is 17.9. The lowest BCUT2D eigenvalue weighted by Gasteiger charge is -2.35. The van der Waals surface area contributed by atoms with E-state index in [4.69, 9.17) is 11.6 Å². The topological polar surface area (TPSA) is 88.9 Å². The van der Waals surface area contributed by atoms with Gasteiger partial charge in [0.15, 0.2) is 11.5 Å². The van der Waals surface area contributed by atoms with E-state index in [0.717, 1.165) is 15.8 Å². The molecular weight excluding hydrogens is 539 g/mol. The van der Waals surface area contributed by atoms with Crippen molar-refractivity contribution in [2.45, 2.75) is 44.4 Å². The van der Waals surface area contributed by atoms with Crippen molar-refractivity contribution in [1.29, 1.82) is 0 Å². The summed E-state index contributed by atoms with van der Waals surface area (Å²) in [5.74, 6) is -1.12. The molecule has 7 nitrogen and oxygen atoms in total. The maximum atomic E-state index is 13.6. The molecule has 2 aromatic heterocycles. The number of amides is 2. The summed E-state index contributed by atoms with van der Waals surface area (Å²) in [4.78, 5) is 30.9. The zero-order chi connectivity index (χ0) is 27.7. The SMILES string of the molecule is CSCC(C)(C)NC(=O)[C@H]1Cc2ccccc2C[C@H]1NC(=O)c1cc(C(F)(F)F)nn1-c1ncccc1Cl. The van der Waals surface area contributed by atoms with Crippen LogP contribution in [0.3, 0.4) is 0 Å². The predicted octanol–water partition coefficient (Wildman–Crippen LogP) is 4.71. The zero-order valence-electron chi connectivity index (χ0n) is 21.0. The molecule has 0 spiro atoms. The van der Waals surface area contributed by atoms with Gasteiger partial charge in [0.1, 0.15) is 5.69 Å².